The van der Waals surface area contributed by atoms with Crippen molar-refractivity contribution >= 4 is 21.7 Å². The zero-order valence-electron chi connectivity index (χ0n) is 17.7. The second-order valence-electron chi connectivity index (χ2n) is 8.25. The quantitative estimate of drug-likeness (QED) is 0.662. The number of halogens is 1. The van der Waals surface area contributed by atoms with Crippen LogP contribution in [-0.4, -0.2) is 44.6 Å². The fraction of sp³-hybridized carbons (Fsp3) is 0.545. The summed E-state index contributed by atoms with van der Waals surface area (Å²) in [6.45, 7) is 1.85. The molecule has 2 aliphatic carbocycles. The fourth-order valence-corrected chi connectivity index (χ4v) is 5.71. The third kappa shape index (κ3) is 5.99. The van der Waals surface area contributed by atoms with Gasteiger partial charge in [0, 0.05) is 25.5 Å². The average molecular weight is 453 g/mol. The Morgan fingerprint density at radius 3 is 2.42 bits per heavy atom. The molecule has 1 saturated carbocycles. The number of nitrogens with one attached hydrogen (secondary N) is 2. The summed E-state index contributed by atoms with van der Waals surface area (Å²) in [5, 5.41) is 2.15. The van der Waals surface area contributed by atoms with Crippen LogP contribution >= 0.6 is 0 Å². The van der Waals surface area contributed by atoms with Crippen molar-refractivity contribution in [2.75, 3.05) is 7.11 Å². The third-order valence-electron chi connectivity index (χ3n) is 6.08. The lowest BCUT2D eigenvalue weighted by Gasteiger charge is -2.31. The SMILES string of the molecule is COC1CC(S(=O)(=O)NC2CCC(C(=O)NC(C)c3ccc(F)cc3)CC2)C=CC1=O. The van der Waals surface area contributed by atoms with Crippen molar-refractivity contribution in [1.82, 2.24) is 10.0 Å². The van der Waals surface area contributed by atoms with Crippen LogP contribution < -0.4 is 10.0 Å². The number of carbonyl (C=O) groups is 2. The molecule has 2 aliphatic rings. The van der Waals surface area contributed by atoms with Crippen molar-refractivity contribution < 1.29 is 27.1 Å². The molecule has 2 N–H and O–H groups in total. The Balaban J connectivity index is 1.50. The predicted molar refractivity (Wildman–Crippen MR) is 114 cm³/mol. The lowest BCUT2D eigenvalue weighted by molar-refractivity contribution is -0.126. The van der Waals surface area contributed by atoms with Gasteiger partial charge in [-0.05, 0) is 56.4 Å². The van der Waals surface area contributed by atoms with E-state index in [0.717, 1.165) is 5.56 Å². The van der Waals surface area contributed by atoms with Crippen molar-refractivity contribution in [3.8, 4) is 0 Å². The van der Waals surface area contributed by atoms with Gasteiger partial charge in [-0.25, -0.2) is 17.5 Å². The molecule has 7 nitrogen and oxygen atoms in total. The van der Waals surface area contributed by atoms with Crippen molar-refractivity contribution in [3.63, 3.8) is 0 Å². The number of methoxy groups -OCH3 is 1. The molecule has 3 atom stereocenters. The molecule has 0 heterocycles. The summed E-state index contributed by atoms with van der Waals surface area (Å²) in [4.78, 5) is 24.3. The molecule has 170 valence electrons. The first-order chi connectivity index (χ1) is 14.7. The smallest absolute Gasteiger partial charge is 0.223 e. The normalized spacial score (nSPS) is 27.6. The van der Waals surface area contributed by atoms with E-state index in [1.54, 1.807) is 12.1 Å². The van der Waals surface area contributed by atoms with Gasteiger partial charge in [0.25, 0.3) is 0 Å². The van der Waals surface area contributed by atoms with Crippen LogP contribution in [0.2, 0.25) is 0 Å². The van der Waals surface area contributed by atoms with Crippen molar-refractivity contribution in [2.24, 2.45) is 5.92 Å². The maximum Gasteiger partial charge on any atom is 0.223 e. The van der Waals surface area contributed by atoms with Crippen LogP contribution in [0.15, 0.2) is 36.4 Å². The number of rotatable bonds is 7. The number of carbonyl (C=O) groups excluding carboxylic acids is 2. The minimum absolute atomic E-state index is 0.0743. The molecular weight excluding hydrogens is 423 g/mol. The summed E-state index contributed by atoms with van der Waals surface area (Å²) in [6.07, 6.45) is 4.32. The van der Waals surface area contributed by atoms with Crippen molar-refractivity contribution in [2.45, 2.75) is 62.5 Å². The van der Waals surface area contributed by atoms with Gasteiger partial charge in [-0.3, -0.25) is 9.59 Å². The van der Waals surface area contributed by atoms with Gasteiger partial charge in [0.1, 0.15) is 11.9 Å². The Labute approximate surface area is 182 Å². The van der Waals surface area contributed by atoms with E-state index in [1.807, 2.05) is 6.92 Å². The highest BCUT2D eigenvalue weighted by Crippen LogP contribution is 2.27. The van der Waals surface area contributed by atoms with E-state index >= 15 is 0 Å². The van der Waals surface area contributed by atoms with Gasteiger partial charge in [-0.1, -0.05) is 18.2 Å². The minimum atomic E-state index is -3.65. The van der Waals surface area contributed by atoms with E-state index in [9.17, 15) is 22.4 Å². The summed E-state index contributed by atoms with van der Waals surface area (Å²) >= 11 is 0. The van der Waals surface area contributed by atoms with Gasteiger partial charge in [0.2, 0.25) is 15.9 Å². The van der Waals surface area contributed by atoms with Gasteiger partial charge in [0.05, 0.1) is 11.3 Å². The Morgan fingerprint density at radius 2 is 1.81 bits per heavy atom. The largest absolute Gasteiger partial charge is 0.373 e. The van der Waals surface area contributed by atoms with Crippen LogP contribution in [-0.2, 0) is 24.3 Å². The van der Waals surface area contributed by atoms with E-state index < -0.39 is 21.4 Å². The van der Waals surface area contributed by atoms with Gasteiger partial charge in [-0.15, -0.1) is 0 Å². The highest BCUT2D eigenvalue weighted by molar-refractivity contribution is 7.90. The number of hydrogen-bond donors (Lipinski definition) is 2. The van der Waals surface area contributed by atoms with Gasteiger partial charge < -0.3 is 10.1 Å². The van der Waals surface area contributed by atoms with Crippen LogP contribution in [0.25, 0.3) is 0 Å². The first-order valence-corrected chi connectivity index (χ1v) is 12.1. The van der Waals surface area contributed by atoms with Gasteiger partial charge in [-0.2, -0.15) is 0 Å². The van der Waals surface area contributed by atoms with E-state index in [-0.39, 0.29) is 41.9 Å². The molecule has 0 bridgehead atoms. The number of hydrogen-bond acceptors (Lipinski definition) is 5. The molecule has 9 heteroatoms. The molecule has 0 aliphatic heterocycles. The van der Waals surface area contributed by atoms with Crippen LogP contribution in [0.1, 0.15) is 50.6 Å². The lowest BCUT2D eigenvalue weighted by atomic mass is 9.85. The van der Waals surface area contributed by atoms with Crippen molar-refractivity contribution in [3.05, 3.63) is 47.8 Å². The third-order valence-corrected chi connectivity index (χ3v) is 7.89. The summed E-state index contributed by atoms with van der Waals surface area (Å²) in [5.74, 6) is -0.810. The number of sulfonamides is 1. The second-order valence-corrected chi connectivity index (χ2v) is 10.2. The molecule has 0 radical (unpaired) electrons. The molecule has 1 aromatic rings. The van der Waals surface area contributed by atoms with E-state index in [2.05, 4.69) is 10.0 Å². The lowest BCUT2D eigenvalue weighted by Crippen LogP contribution is -2.46. The number of benzene rings is 1. The Morgan fingerprint density at radius 1 is 1.16 bits per heavy atom. The monoisotopic (exact) mass is 452 g/mol. The van der Waals surface area contributed by atoms with Crippen LogP contribution in [0.4, 0.5) is 4.39 Å². The highest BCUT2D eigenvalue weighted by atomic mass is 32.2. The molecular formula is C22H29FN2O5S. The first-order valence-electron chi connectivity index (χ1n) is 10.5. The van der Waals surface area contributed by atoms with Crippen LogP contribution in [0.3, 0.4) is 0 Å². The fourth-order valence-electron chi connectivity index (χ4n) is 4.12. The molecule has 1 fully saturated rings. The number of ether oxygens (including phenoxy) is 1. The standard InChI is InChI=1S/C22H29FN2O5S/c1-14(15-3-7-17(23)8-4-15)24-22(27)16-5-9-18(10-6-16)25-31(28,29)19-11-12-20(26)21(13-19)30-2/h3-4,7-8,11-12,14,16,18-19,21,25H,5-6,9-10,13H2,1-2H3,(H,24,27). The zero-order chi connectivity index (χ0) is 22.6. The molecule has 31 heavy (non-hydrogen) atoms. The number of ketones is 1. The van der Waals surface area contributed by atoms with Crippen LogP contribution in [0.5, 0.6) is 0 Å². The van der Waals surface area contributed by atoms with Gasteiger partial charge >= 0.3 is 0 Å². The maximum atomic E-state index is 13.1. The molecule has 1 amide bonds. The molecule has 0 spiro atoms. The minimum Gasteiger partial charge on any atom is -0.373 e. The molecule has 0 aromatic heterocycles. The Kier molecular flexibility index (Phi) is 7.61. The zero-order valence-corrected chi connectivity index (χ0v) is 18.5. The summed E-state index contributed by atoms with van der Waals surface area (Å²) in [7, 11) is -2.25. The molecule has 3 unspecified atom stereocenters. The van der Waals surface area contributed by atoms with Gasteiger partial charge in [0.15, 0.2) is 5.78 Å². The van der Waals surface area contributed by atoms with E-state index in [0.29, 0.717) is 25.7 Å². The summed E-state index contributed by atoms with van der Waals surface area (Å²) < 4.78 is 46.3. The highest BCUT2D eigenvalue weighted by Gasteiger charge is 2.35. The first kappa shape index (κ1) is 23.6. The maximum absolute atomic E-state index is 13.1. The van der Waals surface area contributed by atoms with Crippen molar-refractivity contribution in [1.29, 1.82) is 0 Å². The predicted octanol–water partition coefficient (Wildman–Crippen LogP) is 2.39. The number of amides is 1. The molecule has 1 aromatic carbocycles. The molecule has 3 rings (SSSR count). The van der Waals surface area contributed by atoms with E-state index in [4.69, 9.17) is 4.74 Å². The second kappa shape index (κ2) is 10.0. The Hall–Kier alpha value is -2.10. The topological polar surface area (TPSA) is 102 Å². The Bertz CT molecular complexity index is 924. The van der Waals surface area contributed by atoms with Crippen LogP contribution in [0, 0.1) is 11.7 Å². The molecule has 0 saturated heterocycles. The summed E-state index contributed by atoms with van der Waals surface area (Å²) in [5.41, 5.74) is 0.824. The average Bonchev–Trinajstić information content (AvgIpc) is 2.74. The summed E-state index contributed by atoms with van der Waals surface area (Å²) in [6, 6.07) is 5.54. The van der Waals surface area contributed by atoms with E-state index in [1.165, 1.54) is 31.4 Å².